The molecule has 84 valence electrons. The van der Waals surface area contributed by atoms with Crippen LogP contribution in [0.1, 0.15) is 31.7 Å². The van der Waals surface area contributed by atoms with Gasteiger partial charge >= 0.3 is 0 Å². The molecule has 0 fully saturated rings. The maximum Gasteiger partial charge on any atom is 0.119 e. The number of unbranched alkanes of at least 4 members (excludes halogenated alkanes) is 1. The zero-order valence-electron chi connectivity index (χ0n) is 9.41. The van der Waals surface area contributed by atoms with Crippen LogP contribution < -0.4 is 4.74 Å². The molecular weight excluding hydrogens is 188 g/mol. The SMILES string of the molecule is CCCCc1cccc(OCCCO)c1. The summed E-state index contributed by atoms with van der Waals surface area (Å²) < 4.78 is 5.51. The molecule has 1 rings (SSSR count). The predicted octanol–water partition coefficient (Wildman–Crippen LogP) is 2.79. The van der Waals surface area contributed by atoms with Crippen LogP contribution in [0.4, 0.5) is 0 Å². The summed E-state index contributed by atoms with van der Waals surface area (Å²) >= 11 is 0. The van der Waals surface area contributed by atoms with Gasteiger partial charge < -0.3 is 9.84 Å². The van der Waals surface area contributed by atoms with Crippen molar-refractivity contribution >= 4 is 0 Å². The van der Waals surface area contributed by atoms with Gasteiger partial charge in [-0.2, -0.15) is 0 Å². The van der Waals surface area contributed by atoms with E-state index in [-0.39, 0.29) is 6.61 Å². The molecule has 0 atom stereocenters. The van der Waals surface area contributed by atoms with Gasteiger partial charge in [-0.15, -0.1) is 0 Å². The Labute approximate surface area is 91.9 Å². The molecule has 0 aromatic heterocycles. The maximum atomic E-state index is 8.64. The zero-order valence-corrected chi connectivity index (χ0v) is 9.41. The first-order chi connectivity index (χ1) is 7.36. The molecular formula is C13H20O2. The number of aliphatic hydroxyl groups is 1. The molecule has 0 bridgehead atoms. The Hall–Kier alpha value is -1.02. The van der Waals surface area contributed by atoms with Crippen molar-refractivity contribution in [3.63, 3.8) is 0 Å². The van der Waals surface area contributed by atoms with Crippen LogP contribution in [-0.2, 0) is 6.42 Å². The second kappa shape index (κ2) is 7.30. The van der Waals surface area contributed by atoms with E-state index in [0.29, 0.717) is 13.0 Å². The Morgan fingerprint density at radius 2 is 2.13 bits per heavy atom. The lowest BCUT2D eigenvalue weighted by Gasteiger charge is -2.06. The molecule has 1 aromatic carbocycles. The Morgan fingerprint density at radius 3 is 2.87 bits per heavy atom. The van der Waals surface area contributed by atoms with Crippen molar-refractivity contribution < 1.29 is 9.84 Å². The molecule has 0 heterocycles. The van der Waals surface area contributed by atoms with Gasteiger partial charge in [0.05, 0.1) is 6.61 Å². The van der Waals surface area contributed by atoms with Gasteiger partial charge in [0, 0.05) is 13.0 Å². The van der Waals surface area contributed by atoms with Gasteiger partial charge in [-0.1, -0.05) is 25.5 Å². The van der Waals surface area contributed by atoms with Crippen LogP contribution in [0.3, 0.4) is 0 Å². The van der Waals surface area contributed by atoms with Crippen molar-refractivity contribution in [2.24, 2.45) is 0 Å². The minimum atomic E-state index is 0.190. The molecule has 0 radical (unpaired) electrons. The second-order valence-corrected chi connectivity index (χ2v) is 3.68. The largest absolute Gasteiger partial charge is 0.493 e. The highest BCUT2D eigenvalue weighted by atomic mass is 16.5. The number of aryl methyl sites for hydroxylation is 1. The number of rotatable bonds is 7. The molecule has 0 aliphatic heterocycles. The van der Waals surface area contributed by atoms with Crippen molar-refractivity contribution in [2.75, 3.05) is 13.2 Å². The molecule has 1 N–H and O–H groups in total. The molecule has 2 heteroatoms. The Bertz CT molecular complexity index is 271. The van der Waals surface area contributed by atoms with Crippen LogP contribution in [0.2, 0.25) is 0 Å². The fourth-order valence-electron chi connectivity index (χ4n) is 1.43. The first-order valence-corrected chi connectivity index (χ1v) is 5.69. The summed E-state index contributed by atoms with van der Waals surface area (Å²) in [6, 6.07) is 8.22. The summed E-state index contributed by atoms with van der Waals surface area (Å²) in [6.07, 6.45) is 4.25. The van der Waals surface area contributed by atoms with Gasteiger partial charge in [-0.25, -0.2) is 0 Å². The van der Waals surface area contributed by atoms with Gasteiger partial charge in [0.15, 0.2) is 0 Å². The topological polar surface area (TPSA) is 29.5 Å². The summed E-state index contributed by atoms with van der Waals surface area (Å²) in [7, 11) is 0. The van der Waals surface area contributed by atoms with Crippen LogP contribution in [0, 0.1) is 0 Å². The average molecular weight is 208 g/mol. The normalized spacial score (nSPS) is 10.3. The lowest BCUT2D eigenvalue weighted by Crippen LogP contribution is -1.99. The van der Waals surface area contributed by atoms with Gasteiger partial charge in [-0.05, 0) is 30.5 Å². The van der Waals surface area contributed by atoms with Crippen LogP contribution in [0.15, 0.2) is 24.3 Å². The Balaban J connectivity index is 2.42. The van der Waals surface area contributed by atoms with Gasteiger partial charge in [0.2, 0.25) is 0 Å². The first kappa shape index (κ1) is 12.1. The van der Waals surface area contributed by atoms with Crippen molar-refractivity contribution in [1.82, 2.24) is 0 Å². The zero-order chi connectivity index (χ0) is 10.9. The highest BCUT2D eigenvalue weighted by Gasteiger charge is 1.96. The summed E-state index contributed by atoms with van der Waals surface area (Å²) in [5.41, 5.74) is 1.33. The second-order valence-electron chi connectivity index (χ2n) is 3.68. The van der Waals surface area contributed by atoms with Crippen molar-refractivity contribution in [3.8, 4) is 5.75 Å². The molecule has 0 saturated heterocycles. The first-order valence-electron chi connectivity index (χ1n) is 5.69. The van der Waals surface area contributed by atoms with E-state index in [4.69, 9.17) is 9.84 Å². The third kappa shape index (κ3) is 4.84. The van der Waals surface area contributed by atoms with Crippen LogP contribution >= 0.6 is 0 Å². The van der Waals surface area contributed by atoms with E-state index in [2.05, 4.69) is 19.1 Å². The van der Waals surface area contributed by atoms with Crippen molar-refractivity contribution in [2.45, 2.75) is 32.6 Å². The molecule has 2 nitrogen and oxygen atoms in total. The molecule has 0 aliphatic rings. The minimum absolute atomic E-state index is 0.190. The smallest absolute Gasteiger partial charge is 0.119 e. The van der Waals surface area contributed by atoms with E-state index in [1.807, 2.05) is 12.1 Å². The molecule has 0 aliphatic carbocycles. The van der Waals surface area contributed by atoms with E-state index in [1.54, 1.807) is 0 Å². The van der Waals surface area contributed by atoms with Crippen molar-refractivity contribution in [3.05, 3.63) is 29.8 Å². The van der Waals surface area contributed by atoms with E-state index in [0.717, 1.165) is 12.2 Å². The molecule has 0 amide bonds. The van der Waals surface area contributed by atoms with Crippen LogP contribution in [0.5, 0.6) is 5.75 Å². The molecule has 0 saturated carbocycles. The summed E-state index contributed by atoms with van der Waals surface area (Å²) in [5, 5.41) is 8.64. The Morgan fingerprint density at radius 1 is 1.27 bits per heavy atom. The quantitative estimate of drug-likeness (QED) is 0.698. The van der Waals surface area contributed by atoms with E-state index >= 15 is 0 Å². The highest BCUT2D eigenvalue weighted by Crippen LogP contribution is 2.15. The number of hydrogen-bond donors (Lipinski definition) is 1. The number of benzene rings is 1. The molecule has 0 unspecified atom stereocenters. The maximum absolute atomic E-state index is 8.64. The van der Waals surface area contributed by atoms with Crippen LogP contribution in [0.25, 0.3) is 0 Å². The van der Waals surface area contributed by atoms with E-state index < -0.39 is 0 Å². The average Bonchev–Trinajstić information content (AvgIpc) is 2.27. The van der Waals surface area contributed by atoms with Crippen molar-refractivity contribution in [1.29, 1.82) is 0 Å². The van der Waals surface area contributed by atoms with Gasteiger partial charge in [0.25, 0.3) is 0 Å². The van der Waals surface area contributed by atoms with Gasteiger partial charge in [0.1, 0.15) is 5.75 Å². The van der Waals surface area contributed by atoms with Gasteiger partial charge in [-0.3, -0.25) is 0 Å². The fourth-order valence-corrected chi connectivity index (χ4v) is 1.43. The third-order valence-electron chi connectivity index (χ3n) is 2.29. The number of hydrogen-bond acceptors (Lipinski definition) is 2. The third-order valence-corrected chi connectivity index (χ3v) is 2.29. The van der Waals surface area contributed by atoms with E-state index in [1.165, 1.54) is 18.4 Å². The molecule has 0 spiro atoms. The highest BCUT2D eigenvalue weighted by molar-refractivity contribution is 5.28. The summed E-state index contributed by atoms with van der Waals surface area (Å²) in [5.74, 6) is 0.914. The summed E-state index contributed by atoms with van der Waals surface area (Å²) in [4.78, 5) is 0. The number of ether oxygens (including phenoxy) is 1. The lowest BCUT2D eigenvalue weighted by atomic mass is 10.1. The fraction of sp³-hybridized carbons (Fsp3) is 0.538. The minimum Gasteiger partial charge on any atom is -0.493 e. The summed E-state index contributed by atoms with van der Waals surface area (Å²) in [6.45, 7) is 2.98. The molecule has 15 heavy (non-hydrogen) atoms. The monoisotopic (exact) mass is 208 g/mol. The van der Waals surface area contributed by atoms with E-state index in [9.17, 15) is 0 Å². The predicted molar refractivity (Wildman–Crippen MR) is 62.3 cm³/mol. The Kier molecular flexibility index (Phi) is 5.86. The van der Waals surface area contributed by atoms with Crippen LogP contribution in [-0.4, -0.2) is 18.3 Å². The standard InChI is InChI=1S/C13H20O2/c1-2-3-6-12-7-4-8-13(11-12)15-10-5-9-14/h4,7-8,11,14H,2-3,5-6,9-10H2,1H3. The number of aliphatic hydroxyl groups excluding tert-OH is 1. The molecule has 1 aromatic rings. The lowest BCUT2D eigenvalue weighted by molar-refractivity contribution is 0.233.